The maximum atomic E-state index is 8.58. The summed E-state index contributed by atoms with van der Waals surface area (Å²) in [6, 6.07) is 0.404. The first-order valence-corrected chi connectivity index (χ1v) is 6.15. The van der Waals surface area contributed by atoms with Crippen LogP contribution in [0, 0.1) is 5.92 Å². The van der Waals surface area contributed by atoms with Gasteiger partial charge in [0.05, 0.1) is 6.04 Å². The van der Waals surface area contributed by atoms with Crippen molar-refractivity contribution in [1.82, 2.24) is 14.8 Å². The number of amidine groups is 1. The lowest BCUT2D eigenvalue weighted by molar-refractivity contribution is 0.217. The summed E-state index contributed by atoms with van der Waals surface area (Å²) in [5, 5.41) is 15.8. The van der Waals surface area contributed by atoms with Crippen LogP contribution in [0.15, 0.2) is 11.5 Å². The number of oxime groups is 1. The lowest BCUT2D eigenvalue weighted by Gasteiger charge is -2.30. The normalized spacial score (nSPS) is 26.1. The van der Waals surface area contributed by atoms with Crippen molar-refractivity contribution in [3.8, 4) is 0 Å². The molecule has 1 aromatic rings. The molecule has 0 radical (unpaired) electrons. The molecule has 1 aromatic heterocycles. The third-order valence-corrected chi connectivity index (χ3v) is 3.58. The predicted octanol–water partition coefficient (Wildman–Crippen LogP) is 1.51. The molecule has 6 heteroatoms. The summed E-state index contributed by atoms with van der Waals surface area (Å²) < 4.78 is 1.88. The molecule has 1 saturated carbocycles. The Morgan fingerprint density at radius 2 is 2.35 bits per heavy atom. The molecule has 0 saturated heterocycles. The third-order valence-electron chi connectivity index (χ3n) is 3.58. The Balaban J connectivity index is 2.18. The van der Waals surface area contributed by atoms with E-state index >= 15 is 0 Å². The Bertz CT molecular complexity index is 400. The fourth-order valence-corrected chi connectivity index (χ4v) is 2.61. The Morgan fingerprint density at radius 1 is 1.59 bits per heavy atom. The highest BCUT2D eigenvalue weighted by Gasteiger charge is 2.26. The zero-order chi connectivity index (χ0) is 12.3. The van der Waals surface area contributed by atoms with E-state index in [1.807, 2.05) is 4.68 Å². The van der Waals surface area contributed by atoms with Gasteiger partial charge in [-0.15, -0.1) is 5.10 Å². The van der Waals surface area contributed by atoms with Crippen molar-refractivity contribution in [1.29, 1.82) is 0 Å². The first kappa shape index (κ1) is 11.9. The molecule has 0 aliphatic heterocycles. The quantitative estimate of drug-likeness (QED) is 0.361. The molecule has 2 atom stereocenters. The Morgan fingerprint density at radius 3 is 3.06 bits per heavy atom. The summed E-state index contributed by atoms with van der Waals surface area (Å²) in [5.74, 6) is 0.922. The van der Waals surface area contributed by atoms with Crippen molar-refractivity contribution in [2.24, 2.45) is 16.8 Å². The fourth-order valence-electron chi connectivity index (χ4n) is 2.61. The van der Waals surface area contributed by atoms with Crippen LogP contribution in [-0.4, -0.2) is 25.8 Å². The summed E-state index contributed by atoms with van der Waals surface area (Å²) in [7, 11) is 0. The van der Waals surface area contributed by atoms with Crippen molar-refractivity contribution in [2.45, 2.75) is 45.1 Å². The van der Waals surface area contributed by atoms with Crippen molar-refractivity contribution < 1.29 is 5.21 Å². The second kappa shape index (κ2) is 5.16. The van der Waals surface area contributed by atoms with Gasteiger partial charge in [0.15, 0.2) is 0 Å². The number of hydrogen-bond donors (Lipinski definition) is 2. The number of aromatic nitrogens is 3. The number of nitrogens with zero attached hydrogens (tertiary/aromatic N) is 4. The van der Waals surface area contributed by atoms with Crippen LogP contribution in [0.5, 0.6) is 0 Å². The van der Waals surface area contributed by atoms with Crippen molar-refractivity contribution >= 4 is 5.84 Å². The molecular weight excluding hydrogens is 218 g/mol. The number of hydrogen-bond acceptors (Lipinski definition) is 4. The van der Waals surface area contributed by atoms with Crippen LogP contribution >= 0.6 is 0 Å². The first-order valence-electron chi connectivity index (χ1n) is 6.15. The molecule has 1 aliphatic carbocycles. The van der Waals surface area contributed by atoms with E-state index in [-0.39, 0.29) is 5.84 Å². The van der Waals surface area contributed by atoms with E-state index in [1.165, 1.54) is 19.3 Å². The van der Waals surface area contributed by atoms with Gasteiger partial charge in [-0.05, 0) is 18.8 Å². The van der Waals surface area contributed by atoms with Crippen LogP contribution in [-0.2, 0) is 0 Å². The summed E-state index contributed by atoms with van der Waals surface area (Å²) in [4.78, 5) is 4.07. The molecule has 0 bridgehead atoms. The summed E-state index contributed by atoms with van der Waals surface area (Å²) in [5.41, 5.74) is 5.47. The predicted molar refractivity (Wildman–Crippen MR) is 63.8 cm³/mol. The van der Waals surface area contributed by atoms with Crippen LogP contribution < -0.4 is 5.73 Å². The maximum Gasteiger partial charge on any atom is 0.219 e. The highest BCUT2D eigenvalue weighted by atomic mass is 16.4. The smallest absolute Gasteiger partial charge is 0.219 e. The van der Waals surface area contributed by atoms with Gasteiger partial charge in [0.2, 0.25) is 11.7 Å². The van der Waals surface area contributed by atoms with Crippen molar-refractivity contribution in [3.63, 3.8) is 0 Å². The Labute approximate surface area is 101 Å². The zero-order valence-electron chi connectivity index (χ0n) is 10.1. The highest BCUT2D eigenvalue weighted by Crippen LogP contribution is 2.35. The lowest BCUT2D eigenvalue weighted by Crippen LogP contribution is -2.24. The minimum atomic E-state index is -0.0346. The molecular formula is C11H19N5O. The molecule has 0 amide bonds. The van der Waals surface area contributed by atoms with Crippen LogP contribution in [0.1, 0.15) is 50.9 Å². The van der Waals surface area contributed by atoms with E-state index in [0.717, 1.165) is 12.8 Å². The third kappa shape index (κ3) is 2.40. The maximum absolute atomic E-state index is 8.58. The molecule has 1 fully saturated rings. The minimum absolute atomic E-state index is 0.0346. The molecule has 3 N–H and O–H groups in total. The van der Waals surface area contributed by atoms with E-state index in [9.17, 15) is 0 Å². The van der Waals surface area contributed by atoms with Gasteiger partial charge in [0, 0.05) is 0 Å². The second-order valence-electron chi connectivity index (χ2n) is 4.55. The second-order valence-corrected chi connectivity index (χ2v) is 4.55. The van der Waals surface area contributed by atoms with Gasteiger partial charge in [-0.2, -0.15) is 0 Å². The van der Waals surface area contributed by atoms with E-state index in [2.05, 4.69) is 22.2 Å². The number of rotatable bonds is 3. The van der Waals surface area contributed by atoms with Gasteiger partial charge in [-0.25, -0.2) is 9.67 Å². The molecule has 0 aromatic carbocycles. The standard InChI is InChI=1S/C11H19N5O/c1-2-8-5-3-4-6-9(8)16-7-13-11(14-16)10(12)15-17/h7-9,17H,2-6H2,1H3,(H2,12,15). The summed E-state index contributed by atoms with van der Waals surface area (Å²) in [6.07, 6.45) is 7.77. The SMILES string of the molecule is CCC1CCCCC1n1cnc(/C(N)=N/O)n1. The monoisotopic (exact) mass is 237 g/mol. The zero-order valence-corrected chi connectivity index (χ0v) is 10.1. The molecule has 2 rings (SSSR count). The van der Waals surface area contributed by atoms with Gasteiger partial charge in [-0.1, -0.05) is 31.3 Å². The van der Waals surface area contributed by atoms with Gasteiger partial charge in [0.1, 0.15) is 6.33 Å². The molecule has 2 unspecified atom stereocenters. The summed E-state index contributed by atoms with van der Waals surface area (Å²) >= 11 is 0. The van der Waals surface area contributed by atoms with E-state index in [1.54, 1.807) is 6.33 Å². The van der Waals surface area contributed by atoms with Crippen LogP contribution in [0.3, 0.4) is 0 Å². The molecule has 0 spiro atoms. The topological polar surface area (TPSA) is 89.3 Å². The van der Waals surface area contributed by atoms with Gasteiger partial charge in [-0.3, -0.25) is 0 Å². The van der Waals surface area contributed by atoms with Crippen molar-refractivity contribution in [3.05, 3.63) is 12.2 Å². The highest BCUT2D eigenvalue weighted by molar-refractivity contribution is 5.93. The van der Waals surface area contributed by atoms with Gasteiger partial charge < -0.3 is 10.9 Å². The van der Waals surface area contributed by atoms with Crippen LogP contribution in [0.25, 0.3) is 0 Å². The van der Waals surface area contributed by atoms with E-state index in [0.29, 0.717) is 17.8 Å². The molecule has 17 heavy (non-hydrogen) atoms. The molecule has 1 heterocycles. The van der Waals surface area contributed by atoms with Crippen LogP contribution in [0.4, 0.5) is 0 Å². The van der Waals surface area contributed by atoms with Crippen LogP contribution in [0.2, 0.25) is 0 Å². The van der Waals surface area contributed by atoms with E-state index < -0.39 is 0 Å². The number of nitrogens with two attached hydrogens (primary N) is 1. The Kier molecular flexibility index (Phi) is 3.61. The van der Waals surface area contributed by atoms with Gasteiger partial charge >= 0.3 is 0 Å². The molecule has 1 aliphatic rings. The van der Waals surface area contributed by atoms with E-state index in [4.69, 9.17) is 10.9 Å². The largest absolute Gasteiger partial charge is 0.409 e. The average Bonchev–Trinajstić information content (AvgIpc) is 2.87. The summed E-state index contributed by atoms with van der Waals surface area (Å²) in [6.45, 7) is 2.21. The Hall–Kier alpha value is -1.59. The lowest BCUT2D eigenvalue weighted by atomic mass is 9.83. The molecule has 94 valence electrons. The molecule has 6 nitrogen and oxygen atoms in total. The first-order chi connectivity index (χ1) is 8.26. The average molecular weight is 237 g/mol. The minimum Gasteiger partial charge on any atom is -0.409 e. The van der Waals surface area contributed by atoms with Gasteiger partial charge in [0.25, 0.3) is 0 Å². The fraction of sp³-hybridized carbons (Fsp3) is 0.727. The van der Waals surface area contributed by atoms with Crippen molar-refractivity contribution in [2.75, 3.05) is 0 Å².